The van der Waals surface area contributed by atoms with Crippen molar-refractivity contribution < 1.29 is 9.47 Å². The minimum Gasteiger partial charge on any atom is -0.493 e. The molecule has 0 saturated heterocycles. The Morgan fingerprint density at radius 3 is 2.54 bits per heavy atom. The van der Waals surface area contributed by atoms with Crippen molar-refractivity contribution in [2.24, 2.45) is 0 Å². The highest BCUT2D eigenvalue weighted by molar-refractivity contribution is 5.92. The van der Waals surface area contributed by atoms with E-state index in [-0.39, 0.29) is 0 Å². The average Bonchev–Trinajstić information content (AvgIpc) is 2.66. The second-order valence-electron chi connectivity index (χ2n) is 6.09. The maximum absolute atomic E-state index is 5.48. The molecule has 3 aromatic rings. The molecule has 0 aliphatic heterocycles. The van der Waals surface area contributed by atoms with Gasteiger partial charge in [0, 0.05) is 5.92 Å². The lowest BCUT2D eigenvalue weighted by Gasteiger charge is -2.24. The lowest BCUT2D eigenvalue weighted by molar-refractivity contribution is 0.354. The molecule has 0 aromatic heterocycles. The molecule has 0 saturated carbocycles. The van der Waals surface area contributed by atoms with Gasteiger partial charge in [-0.1, -0.05) is 54.6 Å². The van der Waals surface area contributed by atoms with Gasteiger partial charge in [0.1, 0.15) is 0 Å². The van der Waals surface area contributed by atoms with Gasteiger partial charge in [-0.15, -0.1) is 0 Å². The van der Waals surface area contributed by atoms with Crippen molar-refractivity contribution in [1.82, 2.24) is 0 Å². The number of methoxy groups -OCH3 is 2. The lowest BCUT2D eigenvalue weighted by Crippen LogP contribution is -2.06. The number of benzene rings is 3. The minimum absolute atomic E-state index is 0.342. The van der Waals surface area contributed by atoms with E-state index < -0.39 is 0 Å². The highest BCUT2D eigenvalue weighted by Gasteiger charge is 2.21. The average molecular weight is 316 g/mol. The van der Waals surface area contributed by atoms with Gasteiger partial charge in [0.25, 0.3) is 0 Å². The fourth-order valence-electron chi connectivity index (χ4n) is 3.64. The number of hydrogen-bond acceptors (Lipinski definition) is 2. The van der Waals surface area contributed by atoms with Gasteiger partial charge >= 0.3 is 0 Å². The first-order valence-corrected chi connectivity index (χ1v) is 8.22. The Balaban J connectivity index is 1.85. The zero-order valence-corrected chi connectivity index (χ0v) is 14.0. The lowest BCUT2D eigenvalue weighted by atomic mass is 9.80. The Labute approximate surface area is 142 Å². The number of rotatable bonds is 3. The molecule has 0 spiro atoms. The predicted molar refractivity (Wildman–Crippen MR) is 99.0 cm³/mol. The number of hydrogen-bond donors (Lipinski definition) is 0. The minimum atomic E-state index is 0.342. The Morgan fingerprint density at radius 1 is 0.875 bits per heavy atom. The molecule has 0 bridgehead atoms. The fraction of sp³-hybridized carbons (Fsp3) is 0.182. The van der Waals surface area contributed by atoms with Crippen LogP contribution in [0.1, 0.15) is 29.0 Å². The molecule has 1 unspecified atom stereocenters. The summed E-state index contributed by atoms with van der Waals surface area (Å²) in [6, 6.07) is 19.3. The van der Waals surface area contributed by atoms with Crippen LogP contribution in [0.2, 0.25) is 0 Å². The molecule has 24 heavy (non-hydrogen) atoms. The van der Waals surface area contributed by atoms with Crippen LogP contribution in [0, 0.1) is 0 Å². The molecule has 0 N–H and O–H groups in total. The Hall–Kier alpha value is -2.74. The van der Waals surface area contributed by atoms with Gasteiger partial charge in [-0.05, 0) is 46.0 Å². The van der Waals surface area contributed by atoms with E-state index >= 15 is 0 Å². The zero-order valence-electron chi connectivity index (χ0n) is 14.0. The van der Waals surface area contributed by atoms with Crippen molar-refractivity contribution in [2.75, 3.05) is 14.2 Å². The number of fused-ring (bicyclic) bond motifs is 3. The van der Waals surface area contributed by atoms with E-state index in [1.54, 1.807) is 14.2 Å². The van der Waals surface area contributed by atoms with E-state index in [1.165, 1.54) is 27.5 Å². The van der Waals surface area contributed by atoms with Gasteiger partial charge < -0.3 is 9.47 Å². The first-order chi connectivity index (χ1) is 11.8. The molecule has 0 heterocycles. The summed E-state index contributed by atoms with van der Waals surface area (Å²) in [6.07, 6.45) is 5.53. The van der Waals surface area contributed by atoms with E-state index in [9.17, 15) is 0 Å². The Bertz CT molecular complexity index is 924. The second-order valence-corrected chi connectivity index (χ2v) is 6.09. The van der Waals surface area contributed by atoms with E-state index in [0.29, 0.717) is 5.92 Å². The van der Waals surface area contributed by atoms with Gasteiger partial charge in [0.2, 0.25) is 0 Å². The molecule has 2 heteroatoms. The van der Waals surface area contributed by atoms with Crippen molar-refractivity contribution in [1.29, 1.82) is 0 Å². The quantitative estimate of drug-likeness (QED) is 0.643. The summed E-state index contributed by atoms with van der Waals surface area (Å²) in [4.78, 5) is 0. The molecule has 2 nitrogen and oxygen atoms in total. The van der Waals surface area contributed by atoms with Crippen LogP contribution in [0.5, 0.6) is 11.5 Å². The number of allylic oxidation sites excluding steroid dienone is 1. The third-order valence-electron chi connectivity index (χ3n) is 4.85. The SMILES string of the molecule is COc1ccc(C2CC=Cc3c2ccc2ccccc32)cc1OC. The highest BCUT2D eigenvalue weighted by atomic mass is 16.5. The topological polar surface area (TPSA) is 18.5 Å². The van der Waals surface area contributed by atoms with Gasteiger partial charge in [0.15, 0.2) is 11.5 Å². The predicted octanol–water partition coefficient (Wildman–Crippen LogP) is 5.41. The van der Waals surface area contributed by atoms with E-state index in [2.05, 4.69) is 60.7 Å². The smallest absolute Gasteiger partial charge is 0.161 e. The summed E-state index contributed by atoms with van der Waals surface area (Å²) in [5.74, 6) is 1.90. The fourth-order valence-corrected chi connectivity index (χ4v) is 3.64. The Kier molecular flexibility index (Phi) is 3.73. The van der Waals surface area contributed by atoms with Crippen molar-refractivity contribution in [3.05, 3.63) is 77.4 Å². The molecule has 1 atom stereocenters. The van der Waals surface area contributed by atoms with Gasteiger partial charge in [-0.3, -0.25) is 0 Å². The maximum Gasteiger partial charge on any atom is 0.161 e. The van der Waals surface area contributed by atoms with Gasteiger partial charge in [-0.2, -0.15) is 0 Å². The van der Waals surface area contributed by atoms with Crippen molar-refractivity contribution in [3.63, 3.8) is 0 Å². The monoisotopic (exact) mass is 316 g/mol. The van der Waals surface area contributed by atoms with E-state index in [4.69, 9.17) is 9.47 Å². The summed E-state index contributed by atoms with van der Waals surface area (Å²) in [5.41, 5.74) is 3.97. The molecule has 120 valence electrons. The summed E-state index contributed by atoms with van der Waals surface area (Å²) in [7, 11) is 3.35. The van der Waals surface area contributed by atoms with Crippen LogP contribution in [-0.2, 0) is 0 Å². The van der Waals surface area contributed by atoms with Crippen LogP contribution in [0.4, 0.5) is 0 Å². The van der Waals surface area contributed by atoms with Gasteiger partial charge in [0.05, 0.1) is 14.2 Å². The summed E-state index contributed by atoms with van der Waals surface area (Å²) < 4.78 is 10.8. The first-order valence-electron chi connectivity index (χ1n) is 8.22. The standard InChI is InChI=1S/C22H20O2/c1-23-21-13-11-16(14-22(21)24-2)18-8-5-9-19-17-7-4-3-6-15(17)10-12-20(18)19/h3-7,9-14,18H,8H2,1-2H3. The van der Waals surface area contributed by atoms with Crippen LogP contribution in [0.25, 0.3) is 16.8 Å². The molecular weight excluding hydrogens is 296 g/mol. The molecular formula is C22H20O2. The van der Waals surface area contributed by atoms with Crippen LogP contribution >= 0.6 is 0 Å². The molecule has 3 aromatic carbocycles. The number of ether oxygens (including phenoxy) is 2. The molecule has 0 radical (unpaired) electrons. The van der Waals surface area contributed by atoms with Crippen LogP contribution in [0.3, 0.4) is 0 Å². The van der Waals surface area contributed by atoms with Crippen molar-refractivity contribution >= 4 is 16.8 Å². The zero-order chi connectivity index (χ0) is 16.5. The maximum atomic E-state index is 5.48. The molecule has 1 aliphatic carbocycles. The van der Waals surface area contributed by atoms with Crippen LogP contribution in [-0.4, -0.2) is 14.2 Å². The third-order valence-corrected chi connectivity index (χ3v) is 4.85. The first kappa shape index (κ1) is 14.8. The molecule has 1 aliphatic rings. The van der Waals surface area contributed by atoms with E-state index in [1.807, 2.05) is 6.07 Å². The normalized spacial score (nSPS) is 16.0. The van der Waals surface area contributed by atoms with Crippen LogP contribution in [0.15, 0.2) is 60.7 Å². The van der Waals surface area contributed by atoms with Crippen molar-refractivity contribution in [3.8, 4) is 11.5 Å². The van der Waals surface area contributed by atoms with E-state index in [0.717, 1.165) is 17.9 Å². The summed E-state index contributed by atoms with van der Waals surface area (Å²) >= 11 is 0. The summed E-state index contributed by atoms with van der Waals surface area (Å²) in [6.45, 7) is 0. The molecule has 4 rings (SSSR count). The largest absolute Gasteiger partial charge is 0.493 e. The second kappa shape index (κ2) is 6.04. The third kappa shape index (κ3) is 2.35. The molecule has 0 amide bonds. The summed E-state index contributed by atoms with van der Waals surface area (Å²) in [5, 5.41) is 2.60. The van der Waals surface area contributed by atoms with Gasteiger partial charge in [-0.25, -0.2) is 0 Å². The highest BCUT2D eigenvalue weighted by Crippen LogP contribution is 2.40. The Morgan fingerprint density at radius 2 is 1.71 bits per heavy atom. The van der Waals surface area contributed by atoms with Crippen molar-refractivity contribution in [2.45, 2.75) is 12.3 Å². The van der Waals surface area contributed by atoms with Crippen LogP contribution < -0.4 is 9.47 Å². The molecule has 0 fully saturated rings.